The second-order valence-corrected chi connectivity index (χ2v) is 6.28. The molecule has 3 rings (SSSR count). The Morgan fingerprint density at radius 1 is 1.36 bits per heavy atom. The van der Waals surface area contributed by atoms with Crippen LogP contribution in [0.25, 0.3) is 0 Å². The number of ether oxygens (including phenoxy) is 1. The number of H-pyrrole nitrogens is 1. The molecule has 5 heteroatoms. The first kappa shape index (κ1) is 15.4. The van der Waals surface area contributed by atoms with Crippen molar-refractivity contribution in [3.05, 3.63) is 46.7 Å². The number of hydrogen-bond acceptors (Lipinski definition) is 3. The molecule has 0 amide bonds. The third-order valence-electron chi connectivity index (χ3n) is 4.09. The van der Waals surface area contributed by atoms with Gasteiger partial charge in [0.15, 0.2) is 0 Å². The SMILES string of the molecule is CCCN1CC[C@H](c2cc(COc3ccc(Cl)cc3)[nH]n2)C1. The van der Waals surface area contributed by atoms with Crippen molar-refractivity contribution < 1.29 is 4.74 Å². The quantitative estimate of drug-likeness (QED) is 0.879. The largest absolute Gasteiger partial charge is 0.487 e. The molecule has 1 aliphatic rings. The molecule has 0 aliphatic carbocycles. The molecule has 1 saturated heterocycles. The van der Waals surface area contributed by atoms with Gasteiger partial charge in [-0.25, -0.2) is 0 Å². The van der Waals surface area contributed by atoms with Crippen molar-refractivity contribution in [2.24, 2.45) is 0 Å². The molecule has 1 N–H and O–H groups in total. The summed E-state index contributed by atoms with van der Waals surface area (Å²) in [6, 6.07) is 9.54. The third-order valence-corrected chi connectivity index (χ3v) is 4.34. The summed E-state index contributed by atoms with van der Waals surface area (Å²) in [4.78, 5) is 2.52. The summed E-state index contributed by atoms with van der Waals surface area (Å²) in [6.45, 7) is 6.22. The fourth-order valence-corrected chi connectivity index (χ4v) is 3.07. The van der Waals surface area contributed by atoms with Gasteiger partial charge in [-0.2, -0.15) is 5.10 Å². The Bertz CT molecular complexity index is 596. The zero-order chi connectivity index (χ0) is 15.4. The minimum absolute atomic E-state index is 0.500. The van der Waals surface area contributed by atoms with Crippen LogP contribution in [0.1, 0.15) is 37.1 Å². The van der Waals surface area contributed by atoms with Crippen LogP contribution in [0.5, 0.6) is 5.75 Å². The number of nitrogens with zero attached hydrogens (tertiary/aromatic N) is 2. The highest BCUT2D eigenvalue weighted by Gasteiger charge is 2.25. The van der Waals surface area contributed by atoms with Gasteiger partial charge in [-0.3, -0.25) is 5.10 Å². The highest BCUT2D eigenvalue weighted by Crippen LogP contribution is 2.26. The van der Waals surface area contributed by atoms with Gasteiger partial charge in [-0.15, -0.1) is 0 Å². The second kappa shape index (κ2) is 7.16. The van der Waals surface area contributed by atoms with E-state index in [1.165, 1.54) is 25.9 Å². The van der Waals surface area contributed by atoms with Gasteiger partial charge in [0.2, 0.25) is 0 Å². The average molecular weight is 320 g/mol. The lowest BCUT2D eigenvalue weighted by Gasteiger charge is -2.13. The van der Waals surface area contributed by atoms with E-state index in [4.69, 9.17) is 16.3 Å². The number of aromatic amines is 1. The Morgan fingerprint density at radius 3 is 2.95 bits per heavy atom. The summed E-state index contributed by atoms with van der Waals surface area (Å²) in [6.07, 6.45) is 2.41. The van der Waals surface area contributed by atoms with Gasteiger partial charge >= 0.3 is 0 Å². The monoisotopic (exact) mass is 319 g/mol. The van der Waals surface area contributed by atoms with Crippen LogP contribution in [0.3, 0.4) is 0 Å². The summed E-state index contributed by atoms with van der Waals surface area (Å²) < 4.78 is 5.74. The molecular weight excluding hydrogens is 298 g/mol. The van der Waals surface area contributed by atoms with E-state index in [9.17, 15) is 0 Å². The standard InChI is InChI=1S/C17H22ClN3O/c1-2-8-21-9-7-13(11-21)17-10-15(19-20-17)12-22-16-5-3-14(18)4-6-16/h3-6,10,13H,2,7-9,11-12H2,1H3,(H,19,20)/t13-/m0/s1. The van der Waals surface area contributed by atoms with Gasteiger partial charge in [0, 0.05) is 17.5 Å². The van der Waals surface area contributed by atoms with Gasteiger partial charge in [-0.1, -0.05) is 18.5 Å². The highest BCUT2D eigenvalue weighted by molar-refractivity contribution is 6.30. The maximum Gasteiger partial charge on any atom is 0.130 e. The topological polar surface area (TPSA) is 41.1 Å². The minimum Gasteiger partial charge on any atom is -0.487 e. The molecule has 0 unspecified atom stereocenters. The van der Waals surface area contributed by atoms with Crippen LogP contribution < -0.4 is 4.74 Å². The van der Waals surface area contributed by atoms with E-state index in [1.807, 2.05) is 24.3 Å². The molecule has 2 heterocycles. The van der Waals surface area contributed by atoms with Gasteiger partial charge in [0.1, 0.15) is 12.4 Å². The normalized spacial score (nSPS) is 18.7. The van der Waals surface area contributed by atoms with Gasteiger partial charge in [-0.05, 0) is 56.3 Å². The first-order valence-electron chi connectivity index (χ1n) is 7.89. The van der Waals surface area contributed by atoms with E-state index in [0.717, 1.165) is 23.7 Å². The number of nitrogens with one attached hydrogen (secondary N) is 1. The van der Waals surface area contributed by atoms with Crippen molar-refractivity contribution in [2.75, 3.05) is 19.6 Å². The fourth-order valence-electron chi connectivity index (χ4n) is 2.95. The lowest BCUT2D eigenvalue weighted by atomic mass is 10.1. The summed E-state index contributed by atoms with van der Waals surface area (Å²) in [5.74, 6) is 1.36. The van der Waals surface area contributed by atoms with Crippen LogP contribution in [0.15, 0.2) is 30.3 Å². The maximum atomic E-state index is 5.86. The molecule has 0 radical (unpaired) electrons. The predicted octanol–water partition coefficient (Wildman–Crippen LogP) is 3.84. The van der Waals surface area contributed by atoms with Crippen molar-refractivity contribution in [3.8, 4) is 5.75 Å². The van der Waals surface area contributed by atoms with Crippen LogP contribution in [0.4, 0.5) is 0 Å². The van der Waals surface area contributed by atoms with Crippen LogP contribution in [0, 0.1) is 0 Å². The Labute approximate surface area is 136 Å². The van der Waals surface area contributed by atoms with E-state index >= 15 is 0 Å². The lowest BCUT2D eigenvalue weighted by molar-refractivity contribution is 0.301. The predicted molar refractivity (Wildman–Crippen MR) is 88.5 cm³/mol. The van der Waals surface area contributed by atoms with Crippen molar-refractivity contribution in [3.63, 3.8) is 0 Å². The summed E-state index contributed by atoms with van der Waals surface area (Å²) in [5.41, 5.74) is 2.17. The molecule has 0 saturated carbocycles. The Kier molecular flexibility index (Phi) is 5.01. The maximum absolute atomic E-state index is 5.86. The third kappa shape index (κ3) is 3.81. The number of rotatable bonds is 6. The second-order valence-electron chi connectivity index (χ2n) is 5.85. The van der Waals surface area contributed by atoms with Crippen LogP contribution in [0.2, 0.25) is 5.02 Å². The van der Waals surface area contributed by atoms with Gasteiger partial charge < -0.3 is 9.64 Å². The van der Waals surface area contributed by atoms with Crippen LogP contribution in [-0.4, -0.2) is 34.7 Å². The number of hydrogen-bond donors (Lipinski definition) is 1. The van der Waals surface area contributed by atoms with E-state index in [2.05, 4.69) is 28.1 Å². The van der Waals surface area contributed by atoms with E-state index in [0.29, 0.717) is 17.5 Å². The molecule has 1 atom stereocenters. The molecule has 0 spiro atoms. The Morgan fingerprint density at radius 2 is 2.18 bits per heavy atom. The number of halogens is 1. The van der Waals surface area contributed by atoms with Crippen molar-refractivity contribution in [2.45, 2.75) is 32.3 Å². The van der Waals surface area contributed by atoms with Crippen molar-refractivity contribution in [1.82, 2.24) is 15.1 Å². The molecule has 2 aromatic rings. The van der Waals surface area contributed by atoms with E-state index < -0.39 is 0 Å². The molecule has 22 heavy (non-hydrogen) atoms. The van der Waals surface area contributed by atoms with Crippen LogP contribution in [-0.2, 0) is 6.61 Å². The molecule has 1 aromatic carbocycles. The number of aromatic nitrogens is 2. The fraction of sp³-hybridized carbons (Fsp3) is 0.471. The van der Waals surface area contributed by atoms with Gasteiger partial charge in [0.05, 0.1) is 11.4 Å². The molecule has 118 valence electrons. The smallest absolute Gasteiger partial charge is 0.130 e. The highest BCUT2D eigenvalue weighted by atomic mass is 35.5. The number of likely N-dealkylation sites (tertiary alicyclic amines) is 1. The Hall–Kier alpha value is -1.52. The number of benzene rings is 1. The molecule has 4 nitrogen and oxygen atoms in total. The summed E-state index contributed by atoms with van der Waals surface area (Å²) in [7, 11) is 0. The van der Waals surface area contributed by atoms with Crippen molar-refractivity contribution in [1.29, 1.82) is 0 Å². The van der Waals surface area contributed by atoms with E-state index in [-0.39, 0.29) is 0 Å². The minimum atomic E-state index is 0.500. The van der Waals surface area contributed by atoms with Crippen LogP contribution >= 0.6 is 11.6 Å². The first-order chi connectivity index (χ1) is 10.7. The first-order valence-corrected chi connectivity index (χ1v) is 8.27. The average Bonchev–Trinajstić information content (AvgIpc) is 3.16. The van der Waals surface area contributed by atoms with Crippen molar-refractivity contribution >= 4 is 11.6 Å². The summed E-state index contributed by atoms with van der Waals surface area (Å²) in [5, 5.41) is 8.27. The van der Waals surface area contributed by atoms with Gasteiger partial charge in [0.25, 0.3) is 0 Å². The summed E-state index contributed by atoms with van der Waals surface area (Å²) >= 11 is 5.86. The molecule has 1 aromatic heterocycles. The zero-order valence-corrected chi connectivity index (χ0v) is 13.6. The molecule has 1 fully saturated rings. The molecule has 0 bridgehead atoms. The molecule has 1 aliphatic heterocycles. The zero-order valence-electron chi connectivity index (χ0n) is 12.9. The Balaban J connectivity index is 1.54. The lowest BCUT2D eigenvalue weighted by Crippen LogP contribution is -2.20. The molecular formula is C17H22ClN3O. The van der Waals surface area contributed by atoms with E-state index in [1.54, 1.807) is 0 Å².